The standard InChI is InChI=1S/C20H24N2O4/c1-5-10-26-17-9-8-16(12-18(17)25-4)20(24)22-21-19(23)15-7-6-13(2)14(3)11-15/h6-9,11-12H,5,10H2,1-4H3,(H,21,23)(H,22,24). The zero-order valence-corrected chi connectivity index (χ0v) is 15.5. The molecule has 2 N–H and O–H groups in total. The van der Waals surface area contributed by atoms with Gasteiger partial charge in [0.1, 0.15) is 0 Å². The van der Waals surface area contributed by atoms with Gasteiger partial charge in [0.05, 0.1) is 13.7 Å². The quantitative estimate of drug-likeness (QED) is 0.780. The fraction of sp³-hybridized carbons (Fsp3) is 0.300. The maximum atomic E-state index is 12.3. The Morgan fingerprint density at radius 3 is 2.08 bits per heavy atom. The molecule has 2 aromatic carbocycles. The fourth-order valence-electron chi connectivity index (χ4n) is 2.28. The molecule has 0 heterocycles. The van der Waals surface area contributed by atoms with Crippen molar-refractivity contribution >= 4 is 11.8 Å². The number of aryl methyl sites for hydroxylation is 2. The maximum absolute atomic E-state index is 12.3. The Morgan fingerprint density at radius 2 is 1.50 bits per heavy atom. The van der Waals surface area contributed by atoms with Crippen molar-refractivity contribution < 1.29 is 19.1 Å². The van der Waals surface area contributed by atoms with Gasteiger partial charge in [-0.25, -0.2) is 0 Å². The van der Waals surface area contributed by atoms with Gasteiger partial charge in [-0.15, -0.1) is 0 Å². The lowest BCUT2D eigenvalue weighted by atomic mass is 10.1. The summed E-state index contributed by atoms with van der Waals surface area (Å²) in [6.45, 7) is 6.47. The molecule has 0 saturated heterocycles. The van der Waals surface area contributed by atoms with Crippen molar-refractivity contribution in [2.24, 2.45) is 0 Å². The molecule has 2 rings (SSSR count). The number of carbonyl (C=O) groups excluding carboxylic acids is 2. The van der Waals surface area contributed by atoms with Gasteiger partial charge < -0.3 is 9.47 Å². The average Bonchev–Trinajstić information content (AvgIpc) is 2.66. The summed E-state index contributed by atoms with van der Waals surface area (Å²) in [4.78, 5) is 24.4. The monoisotopic (exact) mass is 356 g/mol. The Bertz CT molecular complexity index is 802. The number of hydrogen-bond acceptors (Lipinski definition) is 4. The molecular weight excluding hydrogens is 332 g/mol. The number of methoxy groups -OCH3 is 1. The SMILES string of the molecule is CCCOc1ccc(C(=O)NNC(=O)c2ccc(C)c(C)c2)cc1OC. The second kappa shape index (κ2) is 8.89. The fourth-order valence-corrected chi connectivity index (χ4v) is 2.28. The van der Waals surface area contributed by atoms with E-state index in [9.17, 15) is 9.59 Å². The van der Waals surface area contributed by atoms with Crippen LogP contribution < -0.4 is 20.3 Å². The van der Waals surface area contributed by atoms with Crippen LogP contribution in [0.2, 0.25) is 0 Å². The van der Waals surface area contributed by atoms with Gasteiger partial charge in [-0.3, -0.25) is 20.4 Å². The summed E-state index contributed by atoms with van der Waals surface area (Å²) in [5.41, 5.74) is 7.77. The molecular formula is C20H24N2O4. The predicted molar refractivity (Wildman–Crippen MR) is 99.6 cm³/mol. The first-order chi connectivity index (χ1) is 12.5. The van der Waals surface area contributed by atoms with E-state index in [-0.39, 0.29) is 5.91 Å². The van der Waals surface area contributed by atoms with E-state index in [1.54, 1.807) is 30.3 Å². The summed E-state index contributed by atoms with van der Waals surface area (Å²) in [6.07, 6.45) is 0.871. The van der Waals surface area contributed by atoms with Crippen LogP contribution in [0.3, 0.4) is 0 Å². The molecule has 0 spiro atoms. The zero-order chi connectivity index (χ0) is 19.1. The smallest absolute Gasteiger partial charge is 0.269 e. The summed E-state index contributed by atoms with van der Waals surface area (Å²) in [5, 5.41) is 0. The first-order valence-corrected chi connectivity index (χ1v) is 8.45. The number of nitrogens with one attached hydrogen (secondary N) is 2. The lowest BCUT2D eigenvalue weighted by molar-refractivity contribution is 0.0846. The molecule has 0 aliphatic carbocycles. The first kappa shape index (κ1) is 19.3. The van der Waals surface area contributed by atoms with Crippen LogP contribution in [0, 0.1) is 13.8 Å². The van der Waals surface area contributed by atoms with Gasteiger partial charge >= 0.3 is 0 Å². The normalized spacial score (nSPS) is 10.2. The van der Waals surface area contributed by atoms with Gasteiger partial charge in [0.2, 0.25) is 0 Å². The number of carbonyl (C=O) groups is 2. The van der Waals surface area contributed by atoms with E-state index in [0.717, 1.165) is 17.5 Å². The van der Waals surface area contributed by atoms with E-state index in [1.165, 1.54) is 7.11 Å². The Hall–Kier alpha value is -3.02. The minimum Gasteiger partial charge on any atom is -0.493 e. The zero-order valence-electron chi connectivity index (χ0n) is 15.5. The second-order valence-corrected chi connectivity index (χ2v) is 5.92. The summed E-state index contributed by atoms with van der Waals surface area (Å²) in [6, 6.07) is 10.2. The van der Waals surface area contributed by atoms with Gasteiger partial charge in [-0.05, 0) is 61.7 Å². The Balaban J connectivity index is 2.02. The highest BCUT2D eigenvalue weighted by molar-refractivity contribution is 5.99. The number of rotatable bonds is 6. The summed E-state index contributed by atoms with van der Waals surface area (Å²) in [7, 11) is 1.51. The molecule has 0 aliphatic rings. The van der Waals surface area contributed by atoms with Crippen molar-refractivity contribution in [1.82, 2.24) is 10.9 Å². The van der Waals surface area contributed by atoms with Crippen LogP contribution in [0.1, 0.15) is 45.2 Å². The number of benzene rings is 2. The van der Waals surface area contributed by atoms with E-state index < -0.39 is 5.91 Å². The molecule has 0 bridgehead atoms. The van der Waals surface area contributed by atoms with Gasteiger partial charge in [-0.2, -0.15) is 0 Å². The lowest BCUT2D eigenvalue weighted by Crippen LogP contribution is -2.41. The van der Waals surface area contributed by atoms with Crippen LogP contribution in [0.4, 0.5) is 0 Å². The van der Waals surface area contributed by atoms with E-state index in [0.29, 0.717) is 29.2 Å². The van der Waals surface area contributed by atoms with Crippen molar-refractivity contribution in [3.63, 3.8) is 0 Å². The highest BCUT2D eigenvalue weighted by Crippen LogP contribution is 2.28. The molecule has 26 heavy (non-hydrogen) atoms. The number of hydrogen-bond donors (Lipinski definition) is 2. The first-order valence-electron chi connectivity index (χ1n) is 8.45. The van der Waals surface area contributed by atoms with Gasteiger partial charge in [0.25, 0.3) is 11.8 Å². The number of hydrazine groups is 1. The largest absolute Gasteiger partial charge is 0.493 e. The van der Waals surface area contributed by atoms with Crippen LogP contribution in [-0.4, -0.2) is 25.5 Å². The Labute approximate surface area is 153 Å². The third kappa shape index (κ3) is 4.75. The maximum Gasteiger partial charge on any atom is 0.269 e. The van der Waals surface area contributed by atoms with Crippen molar-refractivity contribution in [2.75, 3.05) is 13.7 Å². The average molecular weight is 356 g/mol. The van der Waals surface area contributed by atoms with Crippen molar-refractivity contribution in [3.05, 3.63) is 58.7 Å². The topological polar surface area (TPSA) is 76.7 Å². The van der Waals surface area contributed by atoms with Crippen molar-refractivity contribution in [2.45, 2.75) is 27.2 Å². The van der Waals surface area contributed by atoms with Crippen LogP contribution in [-0.2, 0) is 0 Å². The highest BCUT2D eigenvalue weighted by atomic mass is 16.5. The summed E-state index contributed by atoms with van der Waals surface area (Å²) in [5.74, 6) is 0.218. The molecule has 0 saturated carbocycles. The van der Waals surface area contributed by atoms with Crippen molar-refractivity contribution in [3.8, 4) is 11.5 Å². The second-order valence-electron chi connectivity index (χ2n) is 5.92. The number of ether oxygens (including phenoxy) is 2. The van der Waals surface area contributed by atoms with E-state index >= 15 is 0 Å². The van der Waals surface area contributed by atoms with E-state index in [2.05, 4.69) is 10.9 Å². The third-order valence-corrected chi connectivity index (χ3v) is 3.95. The molecule has 0 radical (unpaired) electrons. The Kier molecular flexibility index (Phi) is 6.60. The molecule has 2 aromatic rings. The minimum atomic E-state index is -0.442. The third-order valence-electron chi connectivity index (χ3n) is 3.95. The van der Waals surface area contributed by atoms with Gasteiger partial charge in [0, 0.05) is 11.1 Å². The molecule has 2 amide bonds. The molecule has 0 unspecified atom stereocenters. The molecule has 0 aliphatic heterocycles. The molecule has 6 nitrogen and oxygen atoms in total. The van der Waals surface area contributed by atoms with Gasteiger partial charge in [0.15, 0.2) is 11.5 Å². The van der Waals surface area contributed by atoms with Crippen LogP contribution in [0.5, 0.6) is 11.5 Å². The van der Waals surface area contributed by atoms with Crippen LogP contribution in [0.15, 0.2) is 36.4 Å². The molecule has 0 fully saturated rings. The molecule has 0 atom stereocenters. The molecule has 6 heteroatoms. The van der Waals surface area contributed by atoms with Crippen LogP contribution >= 0.6 is 0 Å². The minimum absolute atomic E-state index is 0.353. The Morgan fingerprint density at radius 1 is 0.885 bits per heavy atom. The molecule has 0 aromatic heterocycles. The van der Waals surface area contributed by atoms with E-state index in [4.69, 9.17) is 9.47 Å². The number of amides is 2. The van der Waals surface area contributed by atoms with E-state index in [1.807, 2.05) is 26.8 Å². The summed E-state index contributed by atoms with van der Waals surface area (Å²) >= 11 is 0. The summed E-state index contributed by atoms with van der Waals surface area (Å²) < 4.78 is 10.8. The molecule has 138 valence electrons. The van der Waals surface area contributed by atoms with Crippen molar-refractivity contribution in [1.29, 1.82) is 0 Å². The van der Waals surface area contributed by atoms with Gasteiger partial charge in [-0.1, -0.05) is 13.0 Å². The highest BCUT2D eigenvalue weighted by Gasteiger charge is 2.13. The lowest BCUT2D eigenvalue weighted by Gasteiger charge is -2.12. The van der Waals surface area contributed by atoms with Crippen LogP contribution in [0.25, 0.3) is 0 Å². The predicted octanol–water partition coefficient (Wildman–Crippen LogP) is 3.18.